The molecule has 0 bridgehead atoms. The van der Waals surface area contributed by atoms with Crippen molar-refractivity contribution in [2.45, 2.75) is 20.8 Å². The molecule has 2 heteroatoms. The number of rotatable bonds is 1. The summed E-state index contributed by atoms with van der Waals surface area (Å²) in [6.07, 6.45) is 0. The molecular formula is C16H17NS. The summed E-state index contributed by atoms with van der Waals surface area (Å²) in [6, 6.07) is 16.8. The maximum Gasteiger partial charge on any atom is 0.0919 e. The van der Waals surface area contributed by atoms with Gasteiger partial charge in [-0.05, 0) is 30.6 Å². The summed E-state index contributed by atoms with van der Waals surface area (Å²) in [7, 11) is 0. The Kier molecular flexibility index (Phi) is 4.11. The van der Waals surface area contributed by atoms with E-state index < -0.39 is 0 Å². The van der Waals surface area contributed by atoms with Crippen molar-refractivity contribution in [1.29, 1.82) is 0 Å². The van der Waals surface area contributed by atoms with Crippen LogP contribution in [0.25, 0.3) is 21.3 Å². The lowest BCUT2D eigenvalue weighted by molar-refractivity contribution is 1.50. The molecule has 1 nitrogen and oxygen atoms in total. The fraction of sp³-hybridized carbons (Fsp3) is 0.188. The molecule has 1 aromatic heterocycles. The van der Waals surface area contributed by atoms with Crippen molar-refractivity contribution in [3.63, 3.8) is 0 Å². The van der Waals surface area contributed by atoms with Crippen molar-refractivity contribution < 1.29 is 0 Å². The minimum absolute atomic E-state index is 1.10. The van der Waals surface area contributed by atoms with E-state index in [-0.39, 0.29) is 0 Å². The smallest absolute Gasteiger partial charge is 0.0919 e. The first kappa shape index (κ1) is 12.8. The second-order valence-corrected chi connectivity index (χ2v) is 4.70. The van der Waals surface area contributed by atoms with Gasteiger partial charge in [0, 0.05) is 10.9 Å². The first-order valence-corrected chi connectivity index (χ1v) is 7.03. The molecular weight excluding hydrogens is 238 g/mol. The van der Waals surface area contributed by atoms with E-state index in [1.54, 1.807) is 11.5 Å². The third kappa shape index (κ3) is 2.44. The standard InChI is InChI=1S/C14H11NS.C2H6/c1-10-7-8-13-12(9-10)14(15-16-13)11-5-3-2-4-6-11;1-2/h2-9H,1H3;1-2H3. The molecule has 0 fully saturated rings. The highest BCUT2D eigenvalue weighted by molar-refractivity contribution is 7.13. The zero-order chi connectivity index (χ0) is 13.0. The summed E-state index contributed by atoms with van der Waals surface area (Å²) in [5.41, 5.74) is 3.58. The lowest BCUT2D eigenvalue weighted by Gasteiger charge is -1.98. The Balaban J connectivity index is 0.000000574. The molecule has 0 amide bonds. The fourth-order valence-electron chi connectivity index (χ4n) is 1.86. The molecule has 18 heavy (non-hydrogen) atoms. The highest BCUT2D eigenvalue weighted by Gasteiger charge is 2.07. The van der Waals surface area contributed by atoms with Gasteiger partial charge < -0.3 is 0 Å². The fourth-order valence-corrected chi connectivity index (χ4v) is 2.63. The first-order chi connectivity index (χ1) is 8.84. The Morgan fingerprint density at radius 1 is 0.944 bits per heavy atom. The Bertz CT molecular complexity index is 626. The molecule has 0 aliphatic carbocycles. The average Bonchev–Trinajstić information content (AvgIpc) is 2.85. The predicted molar refractivity (Wildman–Crippen MR) is 81.1 cm³/mol. The van der Waals surface area contributed by atoms with E-state index in [1.165, 1.54) is 21.2 Å². The average molecular weight is 255 g/mol. The monoisotopic (exact) mass is 255 g/mol. The first-order valence-electron chi connectivity index (χ1n) is 6.26. The van der Waals surface area contributed by atoms with Crippen LogP contribution in [0.1, 0.15) is 19.4 Å². The van der Waals surface area contributed by atoms with Gasteiger partial charge in [0.25, 0.3) is 0 Å². The number of hydrogen-bond donors (Lipinski definition) is 0. The van der Waals surface area contributed by atoms with Gasteiger partial charge in [-0.2, -0.15) is 4.37 Å². The second-order valence-electron chi connectivity index (χ2n) is 3.90. The third-order valence-corrected chi connectivity index (χ3v) is 3.50. The molecule has 1 heterocycles. The third-order valence-electron chi connectivity index (χ3n) is 2.67. The lowest BCUT2D eigenvalue weighted by Crippen LogP contribution is -1.77. The van der Waals surface area contributed by atoms with Crippen LogP contribution in [-0.2, 0) is 0 Å². The summed E-state index contributed by atoms with van der Waals surface area (Å²) in [6.45, 7) is 6.12. The predicted octanol–water partition coefficient (Wildman–Crippen LogP) is 5.30. The normalized spacial score (nSPS) is 9.94. The van der Waals surface area contributed by atoms with Crippen molar-refractivity contribution in [2.24, 2.45) is 0 Å². The highest BCUT2D eigenvalue weighted by atomic mass is 32.1. The van der Waals surface area contributed by atoms with E-state index in [4.69, 9.17) is 0 Å². The summed E-state index contributed by atoms with van der Waals surface area (Å²) in [5.74, 6) is 0. The van der Waals surface area contributed by atoms with Gasteiger partial charge in [0.2, 0.25) is 0 Å². The van der Waals surface area contributed by atoms with E-state index in [0.29, 0.717) is 0 Å². The molecule has 0 saturated heterocycles. The van der Waals surface area contributed by atoms with Crippen molar-refractivity contribution in [1.82, 2.24) is 4.37 Å². The minimum Gasteiger partial charge on any atom is -0.191 e. The molecule has 0 atom stereocenters. The highest BCUT2D eigenvalue weighted by Crippen LogP contribution is 2.31. The lowest BCUT2D eigenvalue weighted by atomic mass is 10.1. The summed E-state index contributed by atoms with van der Waals surface area (Å²) >= 11 is 1.57. The molecule has 3 aromatic rings. The molecule has 0 N–H and O–H groups in total. The Morgan fingerprint density at radius 3 is 2.39 bits per heavy atom. The largest absolute Gasteiger partial charge is 0.191 e. The van der Waals surface area contributed by atoms with Gasteiger partial charge in [-0.15, -0.1) is 0 Å². The maximum atomic E-state index is 4.55. The van der Waals surface area contributed by atoms with Crippen molar-refractivity contribution in [3.8, 4) is 11.3 Å². The van der Waals surface area contributed by atoms with Gasteiger partial charge in [0.05, 0.1) is 10.4 Å². The van der Waals surface area contributed by atoms with Gasteiger partial charge in [0.1, 0.15) is 0 Å². The van der Waals surface area contributed by atoms with Crippen LogP contribution in [0.15, 0.2) is 48.5 Å². The second kappa shape index (κ2) is 5.78. The minimum atomic E-state index is 1.10. The zero-order valence-electron chi connectivity index (χ0n) is 11.0. The van der Waals surface area contributed by atoms with Gasteiger partial charge >= 0.3 is 0 Å². The van der Waals surface area contributed by atoms with Gasteiger partial charge in [-0.1, -0.05) is 55.8 Å². The van der Waals surface area contributed by atoms with Crippen LogP contribution >= 0.6 is 11.5 Å². The molecule has 0 radical (unpaired) electrons. The van der Waals surface area contributed by atoms with E-state index in [2.05, 4.69) is 53.8 Å². The van der Waals surface area contributed by atoms with Crippen LogP contribution in [0.2, 0.25) is 0 Å². The molecule has 0 saturated carbocycles. The Hall–Kier alpha value is -1.67. The number of aryl methyl sites for hydroxylation is 1. The van der Waals surface area contributed by atoms with Crippen LogP contribution in [-0.4, -0.2) is 4.37 Å². The molecule has 2 aromatic carbocycles. The zero-order valence-corrected chi connectivity index (χ0v) is 11.8. The molecule has 0 aliphatic rings. The summed E-state index contributed by atoms with van der Waals surface area (Å²) in [4.78, 5) is 0. The number of hydrogen-bond acceptors (Lipinski definition) is 2. The molecule has 0 spiro atoms. The van der Waals surface area contributed by atoms with Crippen LogP contribution < -0.4 is 0 Å². The van der Waals surface area contributed by atoms with Crippen molar-refractivity contribution >= 4 is 21.6 Å². The number of nitrogens with zero attached hydrogens (tertiary/aromatic N) is 1. The number of aromatic nitrogens is 1. The topological polar surface area (TPSA) is 12.9 Å². The molecule has 3 rings (SSSR count). The van der Waals surface area contributed by atoms with E-state index >= 15 is 0 Å². The van der Waals surface area contributed by atoms with Crippen LogP contribution in [0.5, 0.6) is 0 Å². The number of fused-ring (bicyclic) bond motifs is 1. The summed E-state index contributed by atoms with van der Waals surface area (Å²) in [5, 5.41) is 1.26. The van der Waals surface area contributed by atoms with E-state index in [1.807, 2.05) is 19.9 Å². The quantitative estimate of drug-likeness (QED) is 0.575. The van der Waals surface area contributed by atoms with Crippen molar-refractivity contribution in [3.05, 3.63) is 54.1 Å². The van der Waals surface area contributed by atoms with Gasteiger partial charge in [-0.25, -0.2) is 0 Å². The van der Waals surface area contributed by atoms with E-state index in [0.717, 1.165) is 5.69 Å². The summed E-state index contributed by atoms with van der Waals surface area (Å²) < 4.78 is 5.80. The van der Waals surface area contributed by atoms with E-state index in [9.17, 15) is 0 Å². The van der Waals surface area contributed by atoms with Crippen molar-refractivity contribution in [2.75, 3.05) is 0 Å². The van der Waals surface area contributed by atoms with Gasteiger partial charge in [-0.3, -0.25) is 0 Å². The number of benzene rings is 2. The Morgan fingerprint density at radius 2 is 1.67 bits per heavy atom. The van der Waals surface area contributed by atoms with Gasteiger partial charge in [0.15, 0.2) is 0 Å². The van der Waals surface area contributed by atoms with Crippen LogP contribution in [0, 0.1) is 6.92 Å². The van der Waals surface area contributed by atoms with Crippen LogP contribution in [0.4, 0.5) is 0 Å². The SMILES string of the molecule is CC.Cc1ccc2snc(-c3ccccc3)c2c1. The Labute approximate surface area is 112 Å². The molecule has 0 unspecified atom stereocenters. The van der Waals surface area contributed by atoms with Crippen LogP contribution in [0.3, 0.4) is 0 Å². The molecule has 0 aliphatic heterocycles. The maximum absolute atomic E-state index is 4.55. The molecule has 92 valence electrons.